The van der Waals surface area contributed by atoms with Crippen molar-refractivity contribution in [1.82, 2.24) is 5.32 Å². The molecule has 0 aromatic heterocycles. The van der Waals surface area contributed by atoms with Crippen LogP contribution in [0.4, 0.5) is 0 Å². The van der Waals surface area contributed by atoms with Crippen LogP contribution < -0.4 is 10.1 Å². The number of nitrogens with one attached hydrogen (secondary N) is 1. The number of phenols is 1. The normalized spacial score (nSPS) is 18.9. The molecule has 2 aromatic rings. The molecular formula is C17H16ClNO2. The summed E-state index contributed by atoms with van der Waals surface area (Å²) < 4.78 is 5.49. The molecule has 4 rings (SSSR count). The number of hydrogen-bond acceptors (Lipinski definition) is 3. The van der Waals surface area contributed by atoms with E-state index < -0.39 is 0 Å². The van der Waals surface area contributed by atoms with E-state index in [1.54, 1.807) is 7.11 Å². The maximum atomic E-state index is 10.3. The van der Waals surface area contributed by atoms with Crippen LogP contribution in [0.3, 0.4) is 0 Å². The lowest BCUT2D eigenvalue weighted by molar-refractivity contribution is 0.371. The predicted octanol–water partition coefficient (Wildman–Crippen LogP) is 3.46. The van der Waals surface area contributed by atoms with Gasteiger partial charge in [0.2, 0.25) is 0 Å². The fraction of sp³-hybridized carbons (Fsp3) is 0.294. The first-order valence-electron chi connectivity index (χ1n) is 7.14. The van der Waals surface area contributed by atoms with Crippen molar-refractivity contribution >= 4 is 11.6 Å². The van der Waals surface area contributed by atoms with Crippen LogP contribution in [0.5, 0.6) is 11.5 Å². The van der Waals surface area contributed by atoms with E-state index in [0.29, 0.717) is 10.8 Å². The number of hydrogen-bond donors (Lipinski definition) is 2. The largest absolute Gasteiger partial charge is 0.504 e. The Bertz CT molecular complexity index is 742. The fourth-order valence-electron chi connectivity index (χ4n) is 3.68. The van der Waals surface area contributed by atoms with Crippen molar-refractivity contribution in [2.24, 2.45) is 0 Å². The van der Waals surface area contributed by atoms with Crippen molar-refractivity contribution < 1.29 is 9.84 Å². The first kappa shape index (κ1) is 13.0. The maximum absolute atomic E-state index is 10.3. The van der Waals surface area contributed by atoms with Gasteiger partial charge in [-0.15, -0.1) is 0 Å². The van der Waals surface area contributed by atoms with Gasteiger partial charge in [0.15, 0.2) is 11.5 Å². The van der Waals surface area contributed by atoms with Crippen LogP contribution in [0.25, 0.3) is 11.1 Å². The van der Waals surface area contributed by atoms with E-state index in [2.05, 4.69) is 11.4 Å². The third-order valence-electron chi connectivity index (χ3n) is 4.50. The number of rotatable bonds is 1. The second-order valence-electron chi connectivity index (χ2n) is 5.61. The number of aromatic hydroxyl groups is 1. The van der Waals surface area contributed by atoms with Crippen molar-refractivity contribution in [2.75, 3.05) is 13.7 Å². The summed E-state index contributed by atoms with van der Waals surface area (Å²) >= 11 is 6.45. The highest BCUT2D eigenvalue weighted by molar-refractivity contribution is 6.33. The Hall–Kier alpha value is -1.71. The summed E-state index contributed by atoms with van der Waals surface area (Å²) in [5, 5.41) is 14.6. The number of phenolic OH excluding ortho intramolecular Hbond substituents is 1. The molecule has 1 aliphatic heterocycles. The van der Waals surface area contributed by atoms with Crippen molar-refractivity contribution in [3.05, 3.63) is 46.0 Å². The van der Waals surface area contributed by atoms with Crippen molar-refractivity contribution in [1.29, 1.82) is 0 Å². The number of methoxy groups -OCH3 is 1. The minimum atomic E-state index is 0.194. The van der Waals surface area contributed by atoms with Crippen molar-refractivity contribution in [3.63, 3.8) is 0 Å². The lowest BCUT2D eigenvalue weighted by Gasteiger charge is -2.35. The molecule has 1 unspecified atom stereocenters. The van der Waals surface area contributed by atoms with Gasteiger partial charge in [-0.2, -0.15) is 0 Å². The highest BCUT2D eigenvalue weighted by Gasteiger charge is 2.34. The SMILES string of the molecule is COc1c(O)cc2c3c1-c1c(Cl)cccc1CC3NCC2. The number of fused-ring (bicyclic) bond motifs is 2. The summed E-state index contributed by atoms with van der Waals surface area (Å²) in [5.41, 5.74) is 5.58. The fourth-order valence-corrected chi connectivity index (χ4v) is 3.96. The Morgan fingerprint density at radius 3 is 2.95 bits per heavy atom. The minimum absolute atomic E-state index is 0.194. The van der Waals surface area contributed by atoms with Crippen LogP contribution in [0.15, 0.2) is 24.3 Å². The number of ether oxygens (including phenoxy) is 1. The highest BCUT2D eigenvalue weighted by Crippen LogP contribution is 2.52. The lowest BCUT2D eigenvalue weighted by atomic mass is 9.77. The minimum Gasteiger partial charge on any atom is -0.504 e. The molecule has 2 N–H and O–H groups in total. The van der Waals surface area contributed by atoms with Gasteiger partial charge in [-0.05, 0) is 48.2 Å². The van der Waals surface area contributed by atoms with Crippen molar-refractivity contribution in [3.8, 4) is 22.6 Å². The quantitative estimate of drug-likeness (QED) is 0.847. The van der Waals surface area contributed by atoms with Gasteiger partial charge in [-0.1, -0.05) is 23.7 Å². The zero-order chi connectivity index (χ0) is 14.6. The van der Waals surface area contributed by atoms with Crippen LogP contribution in [-0.2, 0) is 12.8 Å². The van der Waals surface area contributed by atoms with Crippen LogP contribution >= 0.6 is 11.6 Å². The standard InChI is InChI=1S/C17H16ClNO2/c1-21-17-13(20)8-10-5-6-19-12-7-9-3-2-4-11(18)14(9)16(17)15(10)12/h2-4,8,12,19-20H,5-7H2,1H3. The molecule has 0 spiro atoms. The summed E-state index contributed by atoms with van der Waals surface area (Å²) in [6, 6.07) is 8.08. The highest BCUT2D eigenvalue weighted by atomic mass is 35.5. The van der Waals surface area contributed by atoms with E-state index in [1.165, 1.54) is 16.7 Å². The Morgan fingerprint density at radius 1 is 1.29 bits per heavy atom. The second kappa shape index (κ2) is 4.65. The first-order valence-corrected chi connectivity index (χ1v) is 7.52. The smallest absolute Gasteiger partial charge is 0.168 e. The summed E-state index contributed by atoms with van der Waals surface area (Å²) in [5.74, 6) is 0.719. The molecule has 1 aliphatic carbocycles. The summed E-state index contributed by atoms with van der Waals surface area (Å²) in [7, 11) is 1.59. The Kier molecular flexibility index (Phi) is 2.88. The Labute approximate surface area is 128 Å². The molecule has 0 saturated carbocycles. The Balaban J connectivity index is 2.13. The van der Waals surface area contributed by atoms with Crippen LogP contribution in [0, 0.1) is 0 Å². The predicted molar refractivity (Wildman–Crippen MR) is 83.3 cm³/mol. The van der Waals surface area contributed by atoms with Gasteiger partial charge in [0.05, 0.1) is 7.11 Å². The van der Waals surface area contributed by atoms with Crippen LogP contribution in [0.1, 0.15) is 22.7 Å². The summed E-state index contributed by atoms with van der Waals surface area (Å²) in [4.78, 5) is 0. The zero-order valence-electron chi connectivity index (χ0n) is 11.7. The topological polar surface area (TPSA) is 41.5 Å². The summed E-state index contributed by atoms with van der Waals surface area (Å²) in [6.07, 6.45) is 1.83. The molecule has 0 fully saturated rings. The zero-order valence-corrected chi connectivity index (χ0v) is 12.5. The van der Waals surface area contributed by atoms with Gasteiger partial charge < -0.3 is 15.2 Å². The lowest BCUT2D eigenvalue weighted by Crippen LogP contribution is -2.33. The van der Waals surface area contributed by atoms with Gasteiger partial charge >= 0.3 is 0 Å². The molecule has 0 bridgehead atoms. The van der Waals surface area contributed by atoms with E-state index in [-0.39, 0.29) is 11.8 Å². The average Bonchev–Trinajstić information content (AvgIpc) is 2.47. The molecule has 2 aliphatic rings. The number of halogens is 1. The summed E-state index contributed by atoms with van der Waals surface area (Å²) in [6.45, 7) is 0.929. The van der Waals surface area contributed by atoms with Gasteiger partial charge in [0.25, 0.3) is 0 Å². The molecule has 0 saturated heterocycles. The molecule has 0 amide bonds. The molecule has 1 atom stereocenters. The monoisotopic (exact) mass is 301 g/mol. The molecule has 0 radical (unpaired) electrons. The third-order valence-corrected chi connectivity index (χ3v) is 4.81. The average molecular weight is 302 g/mol. The van der Waals surface area contributed by atoms with Crippen molar-refractivity contribution in [2.45, 2.75) is 18.9 Å². The molecule has 3 nitrogen and oxygen atoms in total. The van der Waals surface area contributed by atoms with E-state index in [0.717, 1.165) is 30.5 Å². The van der Waals surface area contributed by atoms with E-state index >= 15 is 0 Å². The first-order chi connectivity index (χ1) is 10.2. The van der Waals surface area contributed by atoms with Gasteiger partial charge in [-0.25, -0.2) is 0 Å². The Morgan fingerprint density at radius 2 is 2.14 bits per heavy atom. The van der Waals surface area contributed by atoms with Gasteiger partial charge in [0.1, 0.15) is 0 Å². The molecular weight excluding hydrogens is 286 g/mol. The molecule has 21 heavy (non-hydrogen) atoms. The third kappa shape index (κ3) is 1.78. The molecule has 4 heteroatoms. The van der Waals surface area contributed by atoms with Gasteiger partial charge in [-0.3, -0.25) is 0 Å². The van der Waals surface area contributed by atoms with Gasteiger partial charge in [0, 0.05) is 22.2 Å². The van der Waals surface area contributed by atoms with E-state index in [4.69, 9.17) is 16.3 Å². The van der Waals surface area contributed by atoms with Crippen LogP contribution in [-0.4, -0.2) is 18.8 Å². The molecule has 2 aromatic carbocycles. The van der Waals surface area contributed by atoms with Crippen LogP contribution in [0.2, 0.25) is 5.02 Å². The molecule has 1 heterocycles. The van der Waals surface area contributed by atoms with E-state index in [1.807, 2.05) is 18.2 Å². The number of benzene rings is 2. The van der Waals surface area contributed by atoms with E-state index in [9.17, 15) is 5.11 Å². The molecule has 108 valence electrons. The maximum Gasteiger partial charge on any atom is 0.168 e. The second-order valence-corrected chi connectivity index (χ2v) is 6.02.